The standard InChI is InChI=1S/C16H17ClN2O5/c1-23-14-5-4-10(17)7-12(14)19-15(20)8-13(16(21)22)18-9-11-3-2-6-24-11/h2-7,13,18H,8-9H2,1H3,(H,19,20)(H,21,22)/t13-/m0/s1. The van der Waals surface area contributed by atoms with Crippen LogP contribution in [0.15, 0.2) is 41.0 Å². The number of furan rings is 1. The van der Waals surface area contributed by atoms with Gasteiger partial charge in [0.15, 0.2) is 0 Å². The fraction of sp³-hybridized carbons (Fsp3) is 0.250. The normalized spacial score (nSPS) is 11.8. The summed E-state index contributed by atoms with van der Waals surface area (Å²) in [4.78, 5) is 23.4. The average Bonchev–Trinajstić information content (AvgIpc) is 3.04. The van der Waals surface area contributed by atoms with Gasteiger partial charge in [-0.3, -0.25) is 14.9 Å². The molecule has 1 aromatic carbocycles. The van der Waals surface area contributed by atoms with Crippen molar-refractivity contribution in [2.45, 2.75) is 19.0 Å². The number of amides is 1. The van der Waals surface area contributed by atoms with Gasteiger partial charge < -0.3 is 19.6 Å². The van der Waals surface area contributed by atoms with E-state index in [1.165, 1.54) is 19.4 Å². The fourth-order valence-electron chi connectivity index (χ4n) is 2.05. The van der Waals surface area contributed by atoms with Crippen LogP contribution in [0, 0.1) is 0 Å². The van der Waals surface area contributed by atoms with E-state index in [2.05, 4.69) is 10.6 Å². The quantitative estimate of drug-likeness (QED) is 0.675. The second-order valence-electron chi connectivity index (χ2n) is 4.95. The van der Waals surface area contributed by atoms with E-state index < -0.39 is 17.9 Å². The molecule has 0 saturated heterocycles. The largest absolute Gasteiger partial charge is 0.495 e. The van der Waals surface area contributed by atoms with E-state index in [4.69, 9.17) is 20.8 Å². The molecule has 128 valence electrons. The third-order valence-electron chi connectivity index (χ3n) is 3.23. The number of carbonyl (C=O) groups excluding carboxylic acids is 1. The van der Waals surface area contributed by atoms with Gasteiger partial charge in [-0.05, 0) is 30.3 Å². The van der Waals surface area contributed by atoms with Gasteiger partial charge in [-0.2, -0.15) is 0 Å². The lowest BCUT2D eigenvalue weighted by molar-refractivity contribution is -0.141. The van der Waals surface area contributed by atoms with E-state index >= 15 is 0 Å². The Balaban J connectivity index is 1.97. The number of hydrogen-bond acceptors (Lipinski definition) is 5. The third kappa shape index (κ3) is 5.00. The summed E-state index contributed by atoms with van der Waals surface area (Å²) in [6.07, 6.45) is 1.23. The molecule has 3 N–H and O–H groups in total. The lowest BCUT2D eigenvalue weighted by Crippen LogP contribution is -2.39. The highest BCUT2D eigenvalue weighted by Gasteiger charge is 2.21. The molecule has 0 radical (unpaired) electrons. The summed E-state index contributed by atoms with van der Waals surface area (Å²) in [6, 6.07) is 7.13. The van der Waals surface area contributed by atoms with E-state index in [1.54, 1.807) is 24.3 Å². The number of halogens is 1. The predicted octanol–water partition coefficient (Wildman–Crippen LogP) is 2.51. The lowest BCUT2D eigenvalue weighted by Gasteiger charge is -2.15. The van der Waals surface area contributed by atoms with Crippen LogP contribution in [0.25, 0.3) is 0 Å². The van der Waals surface area contributed by atoms with Crippen molar-refractivity contribution in [1.82, 2.24) is 5.32 Å². The topological polar surface area (TPSA) is 101 Å². The summed E-state index contributed by atoms with van der Waals surface area (Å²) < 4.78 is 10.3. The van der Waals surface area contributed by atoms with Crippen molar-refractivity contribution in [1.29, 1.82) is 0 Å². The zero-order chi connectivity index (χ0) is 17.5. The van der Waals surface area contributed by atoms with Crippen molar-refractivity contribution in [3.05, 3.63) is 47.4 Å². The minimum atomic E-state index is -1.13. The zero-order valence-corrected chi connectivity index (χ0v) is 13.7. The van der Waals surface area contributed by atoms with Gasteiger partial charge in [0.25, 0.3) is 0 Å². The Morgan fingerprint density at radius 1 is 1.38 bits per heavy atom. The number of methoxy groups -OCH3 is 1. The van der Waals surface area contributed by atoms with Gasteiger partial charge in [0.2, 0.25) is 5.91 Å². The van der Waals surface area contributed by atoms with Crippen molar-refractivity contribution in [3.8, 4) is 5.75 Å². The van der Waals surface area contributed by atoms with E-state index in [9.17, 15) is 14.7 Å². The first-order chi connectivity index (χ1) is 11.5. The van der Waals surface area contributed by atoms with Gasteiger partial charge in [0.1, 0.15) is 17.6 Å². The van der Waals surface area contributed by atoms with Crippen LogP contribution in [0.4, 0.5) is 5.69 Å². The summed E-state index contributed by atoms with van der Waals surface area (Å²) in [5, 5.41) is 15.0. The number of nitrogens with one attached hydrogen (secondary N) is 2. The first kappa shape index (κ1) is 17.8. The monoisotopic (exact) mass is 352 g/mol. The van der Waals surface area contributed by atoms with Crippen LogP contribution < -0.4 is 15.4 Å². The number of carbonyl (C=O) groups is 2. The molecular weight excluding hydrogens is 336 g/mol. The number of carboxylic acid groups (broad SMARTS) is 1. The van der Waals surface area contributed by atoms with Crippen molar-refractivity contribution < 1.29 is 23.8 Å². The lowest BCUT2D eigenvalue weighted by atomic mass is 10.2. The highest BCUT2D eigenvalue weighted by Crippen LogP contribution is 2.27. The van der Waals surface area contributed by atoms with Gasteiger partial charge in [-0.1, -0.05) is 11.6 Å². The number of carboxylic acids is 1. The van der Waals surface area contributed by atoms with E-state index in [1.807, 2.05) is 0 Å². The maximum atomic E-state index is 12.1. The molecule has 0 fully saturated rings. The average molecular weight is 353 g/mol. The van der Waals surface area contributed by atoms with Gasteiger partial charge in [-0.25, -0.2) is 0 Å². The minimum Gasteiger partial charge on any atom is -0.495 e. The molecule has 0 aliphatic rings. The molecule has 0 unspecified atom stereocenters. The van der Waals surface area contributed by atoms with Crippen LogP contribution in [0.2, 0.25) is 5.02 Å². The predicted molar refractivity (Wildman–Crippen MR) is 88.2 cm³/mol. The number of hydrogen-bond donors (Lipinski definition) is 3. The molecule has 1 heterocycles. The first-order valence-corrected chi connectivity index (χ1v) is 7.49. The Labute approximate surface area is 143 Å². The summed E-state index contributed by atoms with van der Waals surface area (Å²) in [7, 11) is 1.46. The molecule has 0 spiro atoms. The summed E-state index contributed by atoms with van der Waals surface area (Å²) in [5.41, 5.74) is 0.380. The molecule has 0 saturated carbocycles. The number of ether oxygens (including phenoxy) is 1. The van der Waals surface area contributed by atoms with Gasteiger partial charge >= 0.3 is 5.97 Å². The number of aliphatic carboxylic acids is 1. The maximum Gasteiger partial charge on any atom is 0.321 e. The molecule has 1 amide bonds. The number of rotatable bonds is 8. The highest BCUT2D eigenvalue weighted by atomic mass is 35.5. The molecule has 2 rings (SSSR count). The molecule has 2 aromatic rings. The van der Waals surface area contributed by atoms with Crippen molar-refractivity contribution in [3.63, 3.8) is 0 Å². The number of benzene rings is 1. The molecule has 0 bridgehead atoms. The SMILES string of the molecule is COc1ccc(Cl)cc1NC(=O)C[C@H](NCc1ccco1)C(=O)O. The molecule has 1 atom stereocenters. The van der Waals surface area contributed by atoms with Crippen LogP contribution in [0.5, 0.6) is 5.75 Å². The van der Waals surface area contributed by atoms with Gasteiger partial charge in [0, 0.05) is 5.02 Å². The van der Waals surface area contributed by atoms with Crippen molar-refractivity contribution in [2.75, 3.05) is 12.4 Å². The fourth-order valence-corrected chi connectivity index (χ4v) is 2.22. The maximum absolute atomic E-state index is 12.1. The zero-order valence-electron chi connectivity index (χ0n) is 12.9. The van der Waals surface area contributed by atoms with Crippen LogP contribution >= 0.6 is 11.6 Å². The summed E-state index contributed by atoms with van der Waals surface area (Å²) >= 11 is 5.90. The molecule has 0 aliphatic heterocycles. The van der Waals surface area contributed by atoms with Crippen LogP contribution in [0.1, 0.15) is 12.2 Å². The Bertz CT molecular complexity index is 702. The minimum absolute atomic E-state index is 0.206. The van der Waals surface area contributed by atoms with E-state index in [0.29, 0.717) is 22.2 Å². The molecule has 1 aromatic heterocycles. The van der Waals surface area contributed by atoms with Crippen LogP contribution in [-0.2, 0) is 16.1 Å². The van der Waals surface area contributed by atoms with E-state index in [0.717, 1.165) is 0 Å². The molecule has 7 nitrogen and oxygen atoms in total. The Morgan fingerprint density at radius 2 is 2.17 bits per heavy atom. The second-order valence-corrected chi connectivity index (χ2v) is 5.38. The van der Waals surface area contributed by atoms with Crippen molar-refractivity contribution in [2.24, 2.45) is 0 Å². The Hall–Kier alpha value is -2.51. The Morgan fingerprint density at radius 3 is 2.79 bits per heavy atom. The molecule has 24 heavy (non-hydrogen) atoms. The first-order valence-electron chi connectivity index (χ1n) is 7.11. The third-order valence-corrected chi connectivity index (χ3v) is 3.46. The second kappa shape index (κ2) is 8.37. The molecule has 8 heteroatoms. The van der Waals surface area contributed by atoms with Gasteiger partial charge in [-0.15, -0.1) is 0 Å². The van der Waals surface area contributed by atoms with E-state index in [-0.39, 0.29) is 13.0 Å². The van der Waals surface area contributed by atoms with Gasteiger partial charge in [0.05, 0.1) is 32.0 Å². The number of anilines is 1. The van der Waals surface area contributed by atoms with Crippen LogP contribution in [-0.4, -0.2) is 30.1 Å². The molecule has 0 aliphatic carbocycles. The summed E-state index contributed by atoms with van der Waals surface area (Å²) in [5.74, 6) is -0.592. The van der Waals surface area contributed by atoms with Crippen LogP contribution in [0.3, 0.4) is 0 Å². The Kier molecular flexibility index (Phi) is 6.22. The molecular formula is C16H17ClN2O5. The highest BCUT2D eigenvalue weighted by molar-refractivity contribution is 6.31. The smallest absolute Gasteiger partial charge is 0.321 e. The van der Waals surface area contributed by atoms with Crippen molar-refractivity contribution >= 4 is 29.2 Å². The summed E-state index contributed by atoms with van der Waals surface area (Å²) in [6.45, 7) is 0.206.